The van der Waals surface area contributed by atoms with Crippen LogP contribution in [-0.2, 0) is 4.74 Å². The minimum Gasteiger partial charge on any atom is -0.444 e. The molecule has 0 atom stereocenters. The summed E-state index contributed by atoms with van der Waals surface area (Å²) in [5.41, 5.74) is -1.07. The van der Waals surface area contributed by atoms with Crippen LogP contribution in [0.4, 0.5) is 9.18 Å². The molecule has 0 aliphatic carbocycles. The van der Waals surface area contributed by atoms with Crippen LogP contribution in [0.3, 0.4) is 0 Å². The van der Waals surface area contributed by atoms with Crippen molar-refractivity contribution in [1.29, 1.82) is 0 Å². The topological polar surface area (TPSA) is 104 Å². The van der Waals surface area contributed by atoms with Crippen LogP contribution in [0.5, 0.6) is 0 Å². The van der Waals surface area contributed by atoms with Crippen LogP contribution in [0, 0.1) is 5.82 Å². The fourth-order valence-corrected chi connectivity index (χ4v) is 2.81. The van der Waals surface area contributed by atoms with Crippen LogP contribution in [0.1, 0.15) is 57.8 Å². The number of rotatable bonds is 9. The lowest BCUT2D eigenvalue weighted by Gasteiger charge is -2.34. The largest absolute Gasteiger partial charge is 0.444 e. The first-order valence-corrected chi connectivity index (χ1v) is 10.5. The summed E-state index contributed by atoms with van der Waals surface area (Å²) in [6.07, 6.45) is 0.938. The molecule has 0 radical (unpaired) electrons. The van der Waals surface area contributed by atoms with Crippen molar-refractivity contribution in [3.8, 4) is 0 Å². The fourth-order valence-electron chi connectivity index (χ4n) is 2.81. The molecule has 0 saturated carbocycles. The highest BCUT2D eigenvalue weighted by Gasteiger charge is 2.30. The molecular weight excluding hydrogens is 401 g/mol. The molecule has 1 rings (SSSR count). The van der Waals surface area contributed by atoms with Crippen LogP contribution in [0.25, 0.3) is 0 Å². The third-order valence-corrected chi connectivity index (χ3v) is 4.76. The number of carbonyl (C=O) groups is 2. The van der Waals surface area contributed by atoms with Crippen molar-refractivity contribution in [3.05, 3.63) is 35.6 Å². The first-order valence-electron chi connectivity index (χ1n) is 10.5. The maximum Gasteiger partial charge on any atom is 0.408 e. The summed E-state index contributed by atoms with van der Waals surface area (Å²) < 4.78 is 19.0. The van der Waals surface area contributed by atoms with Gasteiger partial charge in [0.05, 0.1) is 11.1 Å². The number of ether oxygens (including phenoxy) is 1. The van der Waals surface area contributed by atoms with E-state index >= 15 is 0 Å². The maximum atomic E-state index is 13.6. The summed E-state index contributed by atoms with van der Waals surface area (Å²) in [4.78, 5) is 28.5. The van der Waals surface area contributed by atoms with Gasteiger partial charge in [-0.05, 0) is 45.7 Å². The predicted molar refractivity (Wildman–Crippen MR) is 121 cm³/mol. The fraction of sp³-hybridized carbons (Fsp3) is 0.591. The molecule has 0 aliphatic rings. The number of halogens is 1. The number of nitrogens with one attached hydrogen (secondary N) is 4. The van der Waals surface area contributed by atoms with Crippen molar-refractivity contribution in [2.45, 2.75) is 58.6 Å². The number of nitrogens with zero attached hydrogens (tertiary/aromatic N) is 1. The van der Waals surface area contributed by atoms with Crippen molar-refractivity contribution in [1.82, 2.24) is 21.3 Å². The van der Waals surface area contributed by atoms with Gasteiger partial charge in [-0.2, -0.15) is 0 Å². The van der Waals surface area contributed by atoms with E-state index in [0.29, 0.717) is 31.9 Å². The Kier molecular flexibility index (Phi) is 10.2. The van der Waals surface area contributed by atoms with Gasteiger partial charge < -0.3 is 26.0 Å². The Hall–Kier alpha value is -2.84. The van der Waals surface area contributed by atoms with Crippen molar-refractivity contribution in [2.75, 3.05) is 26.7 Å². The Labute approximate surface area is 184 Å². The van der Waals surface area contributed by atoms with Gasteiger partial charge >= 0.3 is 6.09 Å². The second-order valence-electron chi connectivity index (χ2n) is 8.20. The number of carbonyl (C=O) groups excluding carboxylic acids is 2. The Balaban J connectivity index is 2.52. The Morgan fingerprint density at radius 2 is 1.65 bits per heavy atom. The summed E-state index contributed by atoms with van der Waals surface area (Å²) >= 11 is 0. The highest BCUT2D eigenvalue weighted by atomic mass is 19.1. The zero-order chi connectivity index (χ0) is 23.5. The molecule has 0 saturated heterocycles. The van der Waals surface area contributed by atoms with E-state index in [1.54, 1.807) is 13.1 Å². The molecule has 0 spiro atoms. The monoisotopic (exact) mass is 437 g/mol. The lowest BCUT2D eigenvalue weighted by molar-refractivity contribution is 0.0448. The van der Waals surface area contributed by atoms with Crippen LogP contribution >= 0.6 is 0 Å². The van der Waals surface area contributed by atoms with Gasteiger partial charge in [-0.1, -0.05) is 26.0 Å². The highest BCUT2D eigenvalue weighted by molar-refractivity contribution is 5.94. The van der Waals surface area contributed by atoms with E-state index in [1.807, 2.05) is 34.6 Å². The summed E-state index contributed by atoms with van der Waals surface area (Å²) in [5, 5.41) is 11.9. The minimum absolute atomic E-state index is 0.00824. The molecule has 0 aromatic heterocycles. The maximum absolute atomic E-state index is 13.6. The smallest absolute Gasteiger partial charge is 0.408 e. The molecule has 31 heavy (non-hydrogen) atoms. The number of alkyl carbamates (subject to hydrolysis) is 1. The molecule has 8 nitrogen and oxygen atoms in total. The first kappa shape index (κ1) is 26.2. The molecule has 9 heteroatoms. The number of amides is 2. The van der Waals surface area contributed by atoms with Crippen LogP contribution in [0.15, 0.2) is 29.3 Å². The average Bonchev–Trinajstić information content (AvgIpc) is 2.71. The molecule has 174 valence electrons. The molecule has 2 amide bonds. The molecule has 1 aromatic carbocycles. The molecule has 0 heterocycles. The summed E-state index contributed by atoms with van der Waals surface area (Å²) in [6, 6.07) is 5.83. The average molecular weight is 438 g/mol. The van der Waals surface area contributed by atoms with E-state index in [-0.39, 0.29) is 12.1 Å². The molecule has 4 N–H and O–H groups in total. The number of hydrogen-bond acceptors (Lipinski definition) is 4. The van der Waals surface area contributed by atoms with Crippen molar-refractivity contribution in [2.24, 2.45) is 4.99 Å². The quantitative estimate of drug-likeness (QED) is 0.270. The standard InChI is InChI=1S/C22H36FN5O3/c1-7-22(8-2,28-20(30)31-21(3,4)5)15-27-19(24-6)26-14-13-25-18(29)16-11-9-10-12-17(16)23/h9-12H,7-8,13-15H2,1-6H3,(H,25,29)(H,28,30)(H2,24,26,27). The predicted octanol–water partition coefficient (Wildman–Crippen LogP) is 2.80. The number of benzene rings is 1. The van der Waals surface area contributed by atoms with Crippen LogP contribution in [0.2, 0.25) is 0 Å². The molecule has 0 bridgehead atoms. The van der Waals surface area contributed by atoms with Gasteiger partial charge in [-0.3, -0.25) is 9.79 Å². The summed E-state index contributed by atoms with van der Waals surface area (Å²) in [6.45, 7) is 10.6. The van der Waals surface area contributed by atoms with Crippen LogP contribution < -0.4 is 21.3 Å². The van der Waals surface area contributed by atoms with E-state index in [9.17, 15) is 14.0 Å². The van der Waals surface area contributed by atoms with Crippen molar-refractivity contribution >= 4 is 18.0 Å². The van der Waals surface area contributed by atoms with Gasteiger partial charge in [-0.25, -0.2) is 9.18 Å². The Morgan fingerprint density at radius 1 is 1.03 bits per heavy atom. The van der Waals surface area contributed by atoms with Gasteiger partial charge in [0, 0.05) is 26.7 Å². The molecule has 0 aliphatic heterocycles. The van der Waals surface area contributed by atoms with E-state index in [1.165, 1.54) is 18.2 Å². The zero-order valence-electron chi connectivity index (χ0n) is 19.4. The van der Waals surface area contributed by atoms with Crippen molar-refractivity contribution < 1.29 is 18.7 Å². The van der Waals surface area contributed by atoms with E-state index < -0.39 is 29.0 Å². The first-order chi connectivity index (χ1) is 14.6. The van der Waals surface area contributed by atoms with Gasteiger partial charge in [-0.15, -0.1) is 0 Å². The normalized spacial score (nSPS) is 12.2. The Morgan fingerprint density at radius 3 is 2.19 bits per heavy atom. The molecule has 0 fully saturated rings. The number of aliphatic imine (C=N–C) groups is 1. The van der Waals surface area contributed by atoms with E-state index in [4.69, 9.17) is 4.74 Å². The van der Waals surface area contributed by atoms with Crippen molar-refractivity contribution in [3.63, 3.8) is 0 Å². The van der Waals surface area contributed by atoms with Gasteiger partial charge in [0.2, 0.25) is 0 Å². The van der Waals surface area contributed by atoms with E-state index in [2.05, 4.69) is 26.3 Å². The second kappa shape index (κ2) is 12.1. The SMILES string of the molecule is CCC(CC)(CNC(=NC)NCCNC(=O)c1ccccc1F)NC(=O)OC(C)(C)C. The zero-order valence-corrected chi connectivity index (χ0v) is 19.4. The third kappa shape index (κ3) is 9.23. The van der Waals surface area contributed by atoms with Crippen LogP contribution in [-0.4, -0.2) is 55.8 Å². The number of hydrogen-bond donors (Lipinski definition) is 4. The second-order valence-corrected chi connectivity index (χ2v) is 8.20. The third-order valence-electron chi connectivity index (χ3n) is 4.76. The number of guanidine groups is 1. The molecule has 1 aromatic rings. The minimum atomic E-state index is -0.574. The van der Waals surface area contributed by atoms with Gasteiger partial charge in [0.25, 0.3) is 5.91 Å². The molecular formula is C22H36FN5O3. The Bertz CT molecular complexity index is 758. The molecule has 0 unspecified atom stereocenters. The van der Waals surface area contributed by atoms with Gasteiger partial charge in [0.15, 0.2) is 5.96 Å². The highest BCUT2D eigenvalue weighted by Crippen LogP contribution is 2.16. The summed E-state index contributed by atoms with van der Waals surface area (Å²) in [5.74, 6) is -0.504. The lowest BCUT2D eigenvalue weighted by Crippen LogP contribution is -2.57. The van der Waals surface area contributed by atoms with E-state index in [0.717, 1.165) is 0 Å². The summed E-state index contributed by atoms with van der Waals surface area (Å²) in [7, 11) is 1.63. The lowest BCUT2D eigenvalue weighted by atomic mass is 9.93. The van der Waals surface area contributed by atoms with Gasteiger partial charge in [0.1, 0.15) is 11.4 Å².